The number of carbonyl (C=O) groups is 2. The maximum atomic E-state index is 15.2. The lowest BCUT2D eigenvalue weighted by Gasteiger charge is -2.35. The van der Waals surface area contributed by atoms with Crippen LogP contribution in [-0.2, 0) is 4.79 Å². The van der Waals surface area contributed by atoms with Crippen LogP contribution in [0.5, 0.6) is 51.7 Å². The van der Waals surface area contributed by atoms with Crippen LogP contribution in [0, 0.1) is 0 Å². The Bertz CT molecular complexity index is 2040. The summed E-state index contributed by atoms with van der Waals surface area (Å²) in [4.78, 5) is 31.7. The minimum Gasteiger partial charge on any atom is -0.493 e. The van der Waals surface area contributed by atoms with Crippen LogP contribution in [0.2, 0.25) is 0 Å². The third-order valence-corrected chi connectivity index (χ3v) is 9.78. The average molecular weight is 741 g/mol. The van der Waals surface area contributed by atoms with Gasteiger partial charge >= 0.3 is 0 Å². The van der Waals surface area contributed by atoms with Crippen molar-refractivity contribution in [2.24, 2.45) is 0 Å². The number of anilines is 2. The van der Waals surface area contributed by atoms with Gasteiger partial charge in [0.15, 0.2) is 40.3 Å². The van der Waals surface area contributed by atoms with Crippen LogP contribution in [0.1, 0.15) is 46.3 Å². The van der Waals surface area contributed by atoms with Gasteiger partial charge in [0.2, 0.25) is 17.2 Å². The van der Waals surface area contributed by atoms with Crippen molar-refractivity contribution in [3.63, 3.8) is 0 Å². The molecule has 2 atom stereocenters. The molecule has 0 saturated heterocycles. The molecule has 4 aromatic rings. The van der Waals surface area contributed by atoms with Gasteiger partial charge in [-0.05, 0) is 72.0 Å². The number of benzene rings is 4. The Hall–Kier alpha value is -6.24. The van der Waals surface area contributed by atoms with E-state index in [9.17, 15) is 4.79 Å². The average Bonchev–Trinajstić information content (AvgIpc) is 3.36. The fraction of sp³-hybridized carbons (Fsp3) is 0.317. The molecule has 0 fully saturated rings. The monoisotopic (exact) mass is 740 g/mol. The van der Waals surface area contributed by atoms with E-state index in [0.717, 1.165) is 5.56 Å². The van der Waals surface area contributed by atoms with Crippen LogP contribution in [0.25, 0.3) is 0 Å². The molecule has 0 spiro atoms. The molecule has 4 aromatic carbocycles. The van der Waals surface area contributed by atoms with E-state index in [-0.39, 0.29) is 23.7 Å². The van der Waals surface area contributed by atoms with Crippen LogP contribution in [0.3, 0.4) is 0 Å². The van der Waals surface area contributed by atoms with Crippen LogP contribution in [-0.4, -0.2) is 75.7 Å². The van der Waals surface area contributed by atoms with Crippen LogP contribution in [0.4, 0.5) is 11.4 Å². The number of carbonyl (C=O) groups excluding carboxylic acids is 2. The second kappa shape index (κ2) is 15.8. The molecule has 13 nitrogen and oxygen atoms in total. The largest absolute Gasteiger partial charge is 0.493 e. The van der Waals surface area contributed by atoms with E-state index in [2.05, 4.69) is 5.32 Å². The first-order valence-corrected chi connectivity index (χ1v) is 17.1. The van der Waals surface area contributed by atoms with E-state index in [1.807, 2.05) is 36.4 Å². The first-order valence-electron chi connectivity index (χ1n) is 17.1. The summed E-state index contributed by atoms with van der Waals surface area (Å²) in [6.07, 6.45) is 0.545. The van der Waals surface area contributed by atoms with Gasteiger partial charge in [-0.25, -0.2) is 0 Å². The second-order valence-electron chi connectivity index (χ2n) is 12.5. The minimum absolute atomic E-state index is 0.128. The minimum atomic E-state index is -0.968. The summed E-state index contributed by atoms with van der Waals surface area (Å²) in [5.41, 5.74) is 3.83. The standard InChI is InChI=1S/C41H44N2O11/c1-46-30-16-23(17-31(47-2)38(30)52-7)22-14-27-36(29(44)15-22)37(24-18-32(48-3)39(53-8)33(19-24)49-4)43(28-13-11-10-12-26(28)42-27)41(45)25-20-34(50-5)40(54-9)35(21-25)51-6/h10-13,16-22,37,42H,14-15H2,1-9H3. The summed E-state index contributed by atoms with van der Waals surface area (Å²) in [5.74, 6) is 2.56. The summed E-state index contributed by atoms with van der Waals surface area (Å²) >= 11 is 0. The Labute approximate surface area is 314 Å². The lowest BCUT2D eigenvalue weighted by molar-refractivity contribution is -0.116. The highest BCUT2D eigenvalue weighted by atomic mass is 16.5. The molecule has 0 aromatic heterocycles. The molecule has 1 amide bonds. The number of fused-ring (bicyclic) bond motifs is 1. The molecule has 0 bridgehead atoms. The number of nitrogens with zero attached hydrogens (tertiary/aromatic N) is 1. The van der Waals surface area contributed by atoms with Crippen molar-refractivity contribution in [1.29, 1.82) is 0 Å². The first-order chi connectivity index (χ1) is 26.2. The molecule has 2 aliphatic rings. The fourth-order valence-electron chi connectivity index (χ4n) is 7.30. The van der Waals surface area contributed by atoms with Crippen LogP contribution >= 0.6 is 0 Å². The Morgan fingerprint density at radius 1 is 0.593 bits per heavy atom. The molecule has 0 saturated carbocycles. The van der Waals surface area contributed by atoms with Crippen LogP contribution in [0.15, 0.2) is 71.9 Å². The summed E-state index contributed by atoms with van der Waals surface area (Å²) in [6, 6.07) is 16.9. The van der Waals surface area contributed by atoms with E-state index in [1.54, 1.807) is 50.5 Å². The number of para-hydroxylation sites is 2. The molecule has 6 rings (SSSR count). The molecular weight excluding hydrogens is 696 g/mol. The maximum absolute atomic E-state index is 15.2. The van der Waals surface area contributed by atoms with E-state index < -0.39 is 11.9 Å². The smallest absolute Gasteiger partial charge is 0.259 e. The van der Waals surface area contributed by atoms with Gasteiger partial charge in [-0.2, -0.15) is 0 Å². The number of ketones is 1. The van der Waals surface area contributed by atoms with Crippen molar-refractivity contribution in [2.45, 2.75) is 24.8 Å². The summed E-state index contributed by atoms with van der Waals surface area (Å²) in [5, 5.41) is 3.57. The lowest BCUT2D eigenvalue weighted by Crippen LogP contribution is -2.38. The summed E-state index contributed by atoms with van der Waals surface area (Å²) in [6.45, 7) is 0. The zero-order valence-corrected chi connectivity index (χ0v) is 31.8. The topological polar surface area (TPSA) is 132 Å². The zero-order chi connectivity index (χ0) is 38.7. The highest BCUT2D eigenvalue weighted by molar-refractivity contribution is 6.12. The van der Waals surface area contributed by atoms with Gasteiger partial charge in [0.25, 0.3) is 5.91 Å². The van der Waals surface area contributed by atoms with E-state index >= 15 is 4.79 Å². The van der Waals surface area contributed by atoms with Crippen molar-refractivity contribution in [3.05, 3.63) is 88.6 Å². The molecule has 284 valence electrons. The number of hydrogen-bond donors (Lipinski definition) is 1. The molecule has 1 N–H and O–H groups in total. The van der Waals surface area contributed by atoms with E-state index in [1.165, 1.54) is 42.7 Å². The Morgan fingerprint density at radius 3 is 1.50 bits per heavy atom. The van der Waals surface area contributed by atoms with Gasteiger partial charge in [-0.15, -0.1) is 0 Å². The molecular formula is C41H44N2O11. The number of nitrogens with one attached hydrogen (secondary N) is 1. The molecule has 1 aliphatic carbocycles. The van der Waals surface area contributed by atoms with Crippen molar-refractivity contribution >= 4 is 23.1 Å². The van der Waals surface area contributed by atoms with Gasteiger partial charge in [0.1, 0.15) is 0 Å². The number of methoxy groups -OCH3 is 9. The predicted octanol–water partition coefficient (Wildman–Crippen LogP) is 6.98. The second-order valence-corrected chi connectivity index (χ2v) is 12.5. The molecule has 2 unspecified atom stereocenters. The third-order valence-electron chi connectivity index (χ3n) is 9.78. The van der Waals surface area contributed by atoms with Crippen molar-refractivity contribution in [1.82, 2.24) is 0 Å². The zero-order valence-electron chi connectivity index (χ0n) is 31.8. The van der Waals surface area contributed by atoms with Gasteiger partial charge in [-0.3, -0.25) is 14.5 Å². The number of Topliss-reactive ketones (excluding diaryl/α,β-unsaturated/α-hetero) is 1. The SMILES string of the molecule is COc1cc(C(=O)N2c3ccccc3NC3=C(C(=O)CC(c4cc(OC)c(OC)c(OC)c4)C3)C2c2cc(OC)c(OC)c(OC)c2)cc(OC)c1OC. The lowest BCUT2D eigenvalue weighted by atomic mass is 9.78. The number of ether oxygens (including phenoxy) is 9. The fourth-order valence-corrected chi connectivity index (χ4v) is 7.30. The van der Waals surface area contributed by atoms with Crippen molar-refractivity contribution < 1.29 is 52.2 Å². The Morgan fingerprint density at radius 2 is 1.04 bits per heavy atom. The Balaban J connectivity index is 1.62. The van der Waals surface area contributed by atoms with Gasteiger partial charge < -0.3 is 47.9 Å². The quantitative estimate of drug-likeness (QED) is 0.161. The highest BCUT2D eigenvalue weighted by Gasteiger charge is 2.43. The molecule has 1 aliphatic heterocycles. The summed E-state index contributed by atoms with van der Waals surface area (Å²) in [7, 11) is 13.7. The van der Waals surface area contributed by atoms with Crippen molar-refractivity contribution in [3.8, 4) is 51.7 Å². The third kappa shape index (κ3) is 6.50. The van der Waals surface area contributed by atoms with E-state index in [0.29, 0.717) is 86.4 Å². The highest BCUT2D eigenvalue weighted by Crippen LogP contribution is 2.52. The number of amides is 1. The first kappa shape index (κ1) is 37.5. The molecule has 13 heteroatoms. The number of allylic oxidation sites excluding steroid dienone is 1. The number of rotatable bonds is 12. The predicted molar refractivity (Wildman–Crippen MR) is 202 cm³/mol. The van der Waals surface area contributed by atoms with Gasteiger partial charge in [0, 0.05) is 23.3 Å². The number of hydrogen-bond acceptors (Lipinski definition) is 12. The summed E-state index contributed by atoms with van der Waals surface area (Å²) < 4.78 is 50.9. The van der Waals surface area contributed by atoms with E-state index in [4.69, 9.17) is 42.6 Å². The van der Waals surface area contributed by atoms with Crippen molar-refractivity contribution in [2.75, 3.05) is 74.2 Å². The normalized spacial score (nSPS) is 16.2. The van der Waals surface area contributed by atoms with Gasteiger partial charge in [0.05, 0.1) is 81.4 Å². The molecule has 54 heavy (non-hydrogen) atoms. The Kier molecular flexibility index (Phi) is 11.0. The maximum Gasteiger partial charge on any atom is 0.259 e. The van der Waals surface area contributed by atoms with Crippen LogP contribution < -0.4 is 52.8 Å². The van der Waals surface area contributed by atoms with Gasteiger partial charge in [-0.1, -0.05) is 12.1 Å². The molecule has 1 heterocycles. The molecule has 0 radical (unpaired) electrons.